The van der Waals surface area contributed by atoms with Crippen LogP contribution in [0.1, 0.15) is 6.42 Å². The lowest BCUT2D eigenvalue weighted by molar-refractivity contribution is -0.120. The fraction of sp³-hybridized carbons (Fsp3) is 0.500. The van der Waals surface area contributed by atoms with E-state index in [0.717, 1.165) is 0 Å². The Morgan fingerprint density at radius 3 is 2.58 bits per heavy atom. The van der Waals surface area contributed by atoms with Gasteiger partial charge in [-0.1, -0.05) is 0 Å². The van der Waals surface area contributed by atoms with Crippen LogP contribution in [-0.4, -0.2) is 29.4 Å². The SMILES string of the molecule is O=C1CC(S(=O)(=O)O)NC(=S)N1. The lowest BCUT2D eigenvalue weighted by Crippen LogP contribution is -2.54. The van der Waals surface area contributed by atoms with Crippen molar-refractivity contribution in [3.63, 3.8) is 0 Å². The molecule has 6 nitrogen and oxygen atoms in total. The molecule has 1 heterocycles. The van der Waals surface area contributed by atoms with Crippen LogP contribution in [0.25, 0.3) is 0 Å². The first kappa shape index (κ1) is 9.36. The van der Waals surface area contributed by atoms with E-state index in [9.17, 15) is 13.2 Å². The lowest BCUT2D eigenvalue weighted by atomic mass is 10.3. The van der Waals surface area contributed by atoms with Gasteiger partial charge in [-0.25, -0.2) is 0 Å². The summed E-state index contributed by atoms with van der Waals surface area (Å²) in [7, 11) is -4.25. The molecule has 1 fully saturated rings. The Labute approximate surface area is 74.1 Å². The molecule has 0 aliphatic carbocycles. The summed E-state index contributed by atoms with van der Waals surface area (Å²) in [6.07, 6.45) is -0.334. The topological polar surface area (TPSA) is 95.5 Å². The molecule has 0 bridgehead atoms. The zero-order chi connectivity index (χ0) is 9.35. The summed E-state index contributed by atoms with van der Waals surface area (Å²) in [6, 6.07) is 0. The largest absolute Gasteiger partial charge is 0.344 e. The molecule has 1 aliphatic rings. The normalized spacial score (nSPS) is 24.6. The summed E-state index contributed by atoms with van der Waals surface area (Å²) in [5, 5.41) is 3.03. The van der Waals surface area contributed by atoms with Gasteiger partial charge in [-0.05, 0) is 12.2 Å². The van der Waals surface area contributed by atoms with Crippen LogP contribution in [0.15, 0.2) is 0 Å². The van der Waals surface area contributed by atoms with Crippen LogP contribution in [0.3, 0.4) is 0 Å². The average Bonchev–Trinajstić information content (AvgIpc) is 1.82. The van der Waals surface area contributed by atoms with E-state index in [2.05, 4.69) is 22.9 Å². The van der Waals surface area contributed by atoms with Gasteiger partial charge < -0.3 is 10.6 Å². The van der Waals surface area contributed by atoms with Crippen LogP contribution in [-0.2, 0) is 14.9 Å². The van der Waals surface area contributed by atoms with E-state index < -0.39 is 21.4 Å². The summed E-state index contributed by atoms with van der Waals surface area (Å²) in [5.74, 6) is -0.527. The van der Waals surface area contributed by atoms with Crippen molar-refractivity contribution >= 4 is 33.4 Å². The van der Waals surface area contributed by atoms with Crippen molar-refractivity contribution < 1.29 is 17.8 Å². The number of carbonyl (C=O) groups excluding carboxylic acids is 1. The van der Waals surface area contributed by atoms with Gasteiger partial charge in [0.2, 0.25) is 5.91 Å². The molecule has 68 valence electrons. The maximum absolute atomic E-state index is 10.7. The maximum atomic E-state index is 10.7. The second kappa shape index (κ2) is 2.96. The quantitative estimate of drug-likeness (QED) is 0.364. The molecule has 0 radical (unpaired) electrons. The smallest absolute Gasteiger partial charge is 0.286 e. The molecular weight excluding hydrogens is 204 g/mol. The number of nitrogens with one attached hydrogen (secondary N) is 2. The molecule has 0 aromatic heterocycles. The van der Waals surface area contributed by atoms with Crippen LogP contribution in [0.2, 0.25) is 0 Å². The van der Waals surface area contributed by atoms with Crippen LogP contribution < -0.4 is 10.6 Å². The van der Waals surface area contributed by atoms with E-state index in [4.69, 9.17) is 4.55 Å². The van der Waals surface area contributed by atoms with E-state index in [-0.39, 0.29) is 11.5 Å². The third-order valence-corrected chi connectivity index (χ3v) is 2.50. The molecule has 1 atom stereocenters. The molecule has 0 saturated carbocycles. The minimum Gasteiger partial charge on any atom is -0.344 e. The lowest BCUT2D eigenvalue weighted by Gasteiger charge is -2.22. The number of carbonyl (C=O) groups is 1. The number of hydrogen-bond acceptors (Lipinski definition) is 4. The first-order valence-corrected chi connectivity index (χ1v) is 4.87. The molecule has 1 saturated heterocycles. The minimum atomic E-state index is -4.25. The van der Waals surface area contributed by atoms with Gasteiger partial charge in [0, 0.05) is 0 Å². The van der Waals surface area contributed by atoms with Gasteiger partial charge in [0.05, 0.1) is 6.42 Å². The molecule has 1 amide bonds. The third kappa shape index (κ3) is 2.13. The highest BCUT2D eigenvalue weighted by molar-refractivity contribution is 7.86. The first-order chi connectivity index (χ1) is 5.39. The van der Waals surface area contributed by atoms with Gasteiger partial charge in [-0.3, -0.25) is 9.35 Å². The van der Waals surface area contributed by atoms with Crippen molar-refractivity contribution in [3.05, 3.63) is 0 Å². The van der Waals surface area contributed by atoms with Crippen LogP contribution in [0.4, 0.5) is 0 Å². The van der Waals surface area contributed by atoms with E-state index in [1.54, 1.807) is 0 Å². The Morgan fingerprint density at radius 1 is 1.58 bits per heavy atom. The summed E-state index contributed by atoms with van der Waals surface area (Å²) < 4.78 is 29.6. The van der Waals surface area contributed by atoms with Gasteiger partial charge in [-0.2, -0.15) is 8.42 Å². The van der Waals surface area contributed by atoms with Gasteiger partial charge >= 0.3 is 0 Å². The Kier molecular flexibility index (Phi) is 2.31. The molecule has 0 aromatic carbocycles. The summed E-state index contributed by atoms with van der Waals surface area (Å²) in [6.45, 7) is 0. The number of amides is 1. The Morgan fingerprint density at radius 2 is 2.17 bits per heavy atom. The average molecular weight is 210 g/mol. The van der Waals surface area contributed by atoms with Crippen molar-refractivity contribution in [1.29, 1.82) is 0 Å². The molecule has 0 aromatic rings. The van der Waals surface area contributed by atoms with Crippen LogP contribution >= 0.6 is 12.2 Å². The van der Waals surface area contributed by atoms with Crippen LogP contribution in [0.5, 0.6) is 0 Å². The van der Waals surface area contributed by atoms with E-state index in [1.165, 1.54) is 0 Å². The highest BCUT2D eigenvalue weighted by Gasteiger charge is 2.30. The van der Waals surface area contributed by atoms with Gasteiger partial charge in [0.1, 0.15) is 0 Å². The van der Waals surface area contributed by atoms with Crippen molar-refractivity contribution in [2.24, 2.45) is 0 Å². The Balaban J connectivity index is 2.82. The summed E-state index contributed by atoms with van der Waals surface area (Å²) in [4.78, 5) is 10.7. The zero-order valence-electron chi connectivity index (χ0n) is 5.77. The number of rotatable bonds is 1. The minimum absolute atomic E-state index is 0.0890. The monoisotopic (exact) mass is 210 g/mol. The van der Waals surface area contributed by atoms with Crippen molar-refractivity contribution in [2.45, 2.75) is 11.8 Å². The van der Waals surface area contributed by atoms with Gasteiger partial charge in [0.25, 0.3) is 10.1 Å². The predicted molar refractivity (Wildman–Crippen MR) is 43.8 cm³/mol. The van der Waals surface area contributed by atoms with Crippen molar-refractivity contribution in [3.8, 4) is 0 Å². The highest BCUT2D eigenvalue weighted by Crippen LogP contribution is 2.04. The molecule has 1 rings (SSSR count). The predicted octanol–water partition coefficient (Wildman–Crippen LogP) is -1.41. The Hall–Kier alpha value is -0.730. The fourth-order valence-corrected chi connectivity index (χ4v) is 1.72. The Bertz CT molecular complexity index is 306. The highest BCUT2D eigenvalue weighted by atomic mass is 32.2. The first-order valence-electron chi connectivity index (χ1n) is 2.96. The molecule has 12 heavy (non-hydrogen) atoms. The summed E-state index contributed by atoms with van der Waals surface area (Å²) in [5.41, 5.74) is 0. The van der Waals surface area contributed by atoms with Gasteiger partial charge in [0.15, 0.2) is 10.5 Å². The molecule has 1 unspecified atom stereocenters. The second-order valence-corrected chi connectivity index (χ2v) is 4.24. The maximum Gasteiger partial charge on any atom is 0.286 e. The standard InChI is InChI=1S/C4H6N2O4S2/c7-2-1-3(12(8,9)10)6-4(11)5-2/h3H,1H2,(H,8,9,10)(H2,5,6,7,11). The van der Waals surface area contributed by atoms with Gasteiger partial charge in [-0.15, -0.1) is 0 Å². The number of thiocarbonyl (C=S) groups is 1. The molecule has 8 heteroatoms. The van der Waals surface area contributed by atoms with E-state index in [0.29, 0.717) is 0 Å². The van der Waals surface area contributed by atoms with Crippen molar-refractivity contribution in [2.75, 3.05) is 0 Å². The zero-order valence-corrected chi connectivity index (χ0v) is 7.41. The van der Waals surface area contributed by atoms with E-state index >= 15 is 0 Å². The fourth-order valence-electron chi connectivity index (χ4n) is 0.759. The summed E-state index contributed by atoms with van der Waals surface area (Å²) >= 11 is 4.51. The van der Waals surface area contributed by atoms with E-state index in [1.807, 2.05) is 0 Å². The number of hydrogen-bond donors (Lipinski definition) is 3. The molecule has 0 spiro atoms. The third-order valence-electron chi connectivity index (χ3n) is 1.28. The van der Waals surface area contributed by atoms with Crippen LogP contribution in [0, 0.1) is 0 Å². The molecular formula is C4H6N2O4S2. The molecule has 3 N–H and O–H groups in total. The second-order valence-electron chi connectivity index (χ2n) is 2.23. The van der Waals surface area contributed by atoms with Crippen molar-refractivity contribution in [1.82, 2.24) is 10.6 Å². The molecule has 1 aliphatic heterocycles.